The van der Waals surface area contributed by atoms with Crippen LogP contribution in [-0.4, -0.2) is 28.8 Å². The molecule has 1 aliphatic heterocycles. The van der Waals surface area contributed by atoms with Gasteiger partial charge in [0.15, 0.2) is 24.3 Å². The summed E-state index contributed by atoms with van der Waals surface area (Å²) in [6.07, 6.45) is 6.11. The number of methoxy groups -OCH3 is 1. The first-order valence-corrected chi connectivity index (χ1v) is 7.75. The summed E-state index contributed by atoms with van der Waals surface area (Å²) < 4.78 is 26.5. The maximum atomic E-state index is 5.51. The molecule has 1 aromatic carbocycles. The SMILES string of the molecule is COc1cc2c(cc1CN(Cc1cocn1)Cc1cocn1)OCO2. The summed E-state index contributed by atoms with van der Waals surface area (Å²) in [7, 11) is 1.64. The molecule has 0 atom stereocenters. The van der Waals surface area contributed by atoms with Crippen LogP contribution in [0, 0.1) is 0 Å². The van der Waals surface area contributed by atoms with E-state index < -0.39 is 0 Å². The number of ether oxygens (including phenoxy) is 3. The Bertz CT molecular complexity index is 781. The second-order valence-corrected chi connectivity index (χ2v) is 5.62. The van der Waals surface area contributed by atoms with Crippen molar-refractivity contribution in [3.8, 4) is 17.2 Å². The maximum Gasteiger partial charge on any atom is 0.231 e. The number of rotatable bonds is 7. The minimum atomic E-state index is 0.226. The van der Waals surface area contributed by atoms with Gasteiger partial charge in [-0.1, -0.05) is 0 Å². The average molecular weight is 343 g/mol. The van der Waals surface area contributed by atoms with E-state index in [-0.39, 0.29) is 6.79 Å². The Balaban J connectivity index is 1.59. The summed E-state index contributed by atoms with van der Waals surface area (Å²) >= 11 is 0. The molecule has 0 spiro atoms. The number of hydrogen-bond donors (Lipinski definition) is 0. The third-order valence-corrected chi connectivity index (χ3v) is 3.91. The van der Waals surface area contributed by atoms with Gasteiger partial charge in [0, 0.05) is 31.3 Å². The molecule has 0 saturated heterocycles. The predicted molar refractivity (Wildman–Crippen MR) is 85.1 cm³/mol. The lowest BCUT2D eigenvalue weighted by atomic mass is 10.1. The van der Waals surface area contributed by atoms with Crippen molar-refractivity contribution in [1.29, 1.82) is 0 Å². The van der Waals surface area contributed by atoms with E-state index in [1.165, 1.54) is 12.8 Å². The van der Waals surface area contributed by atoms with Crippen LogP contribution in [0.4, 0.5) is 0 Å². The summed E-state index contributed by atoms with van der Waals surface area (Å²) in [6, 6.07) is 3.79. The fourth-order valence-corrected chi connectivity index (χ4v) is 2.78. The molecule has 0 fully saturated rings. The smallest absolute Gasteiger partial charge is 0.231 e. The van der Waals surface area contributed by atoms with Crippen molar-refractivity contribution in [3.05, 3.63) is 54.4 Å². The standard InChI is InChI=1S/C17H17N3O5/c1-21-15-3-17-16(24-11-25-17)2-12(15)4-20(5-13-7-22-9-18-13)6-14-8-23-10-19-14/h2-3,7-10H,4-6,11H2,1H3. The molecule has 0 unspecified atom stereocenters. The Kier molecular flexibility index (Phi) is 4.26. The van der Waals surface area contributed by atoms with Gasteiger partial charge in [-0.2, -0.15) is 0 Å². The Labute approximate surface area is 143 Å². The van der Waals surface area contributed by atoms with Gasteiger partial charge in [-0.3, -0.25) is 4.90 Å². The van der Waals surface area contributed by atoms with Crippen molar-refractivity contribution in [2.75, 3.05) is 13.9 Å². The number of aromatic nitrogens is 2. The van der Waals surface area contributed by atoms with Crippen molar-refractivity contribution >= 4 is 0 Å². The molecular weight excluding hydrogens is 326 g/mol. The van der Waals surface area contributed by atoms with Gasteiger partial charge in [0.05, 0.1) is 18.5 Å². The summed E-state index contributed by atoms with van der Waals surface area (Å²) in [4.78, 5) is 10.6. The summed E-state index contributed by atoms with van der Waals surface area (Å²) in [5.74, 6) is 2.16. The molecule has 0 N–H and O–H groups in total. The molecule has 25 heavy (non-hydrogen) atoms. The predicted octanol–water partition coefficient (Wildman–Crippen LogP) is 2.60. The van der Waals surface area contributed by atoms with Crippen LogP contribution in [0.2, 0.25) is 0 Å². The molecule has 3 aromatic rings. The van der Waals surface area contributed by atoms with Gasteiger partial charge in [0.25, 0.3) is 0 Å². The molecule has 8 heteroatoms. The number of hydrogen-bond acceptors (Lipinski definition) is 8. The van der Waals surface area contributed by atoms with Crippen molar-refractivity contribution in [1.82, 2.24) is 14.9 Å². The van der Waals surface area contributed by atoms with Gasteiger partial charge in [-0.15, -0.1) is 0 Å². The van der Waals surface area contributed by atoms with Gasteiger partial charge in [0.1, 0.15) is 18.3 Å². The fraction of sp³-hybridized carbons (Fsp3) is 0.294. The lowest BCUT2D eigenvalue weighted by Gasteiger charge is -2.21. The third kappa shape index (κ3) is 3.43. The van der Waals surface area contributed by atoms with Crippen LogP contribution in [0.15, 0.2) is 46.3 Å². The lowest BCUT2D eigenvalue weighted by molar-refractivity contribution is 0.173. The van der Waals surface area contributed by atoms with Crippen LogP contribution in [0.5, 0.6) is 17.2 Å². The zero-order valence-electron chi connectivity index (χ0n) is 13.7. The summed E-state index contributed by atoms with van der Waals surface area (Å²) in [5.41, 5.74) is 2.66. The highest BCUT2D eigenvalue weighted by molar-refractivity contribution is 5.51. The Hall–Kier alpha value is -3.00. The molecule has 2 aromatic heterocycles. The summed E-state index contributed by atoms with van der Waals surface area (Å²) in [6.45, 7) is 2.03. The first-order valence-electron chi connectivity index (χ1n) is 7.75. The van der Waals surface area contributed by atoms with E-state index in [2.05, 4.69) is 14.9 Å². The molecule has 8 nitrogen and oxygen atoms in total. The van der Waals surface area contributed by atoms with E-state index in [0.717, 1.165) is 28.5 Å². The fourth-order valence-electron chi connectivity index (χ4n) is 2.78. The zero-order valence-corrected chi connectivity index (χ0v) is 13.7. The molecular formula is C17H17N3O5. The minimum absolute atomic E-state index is 0.226. The van der Waals surface area contributed by atoms with Gasteiger partial charge in [-0.25, -0.2) is 9.97 Å². The number of nitrogens with zero attached hydrogens (tertiary/aromatic N) is 3. The summed E-state index contributed by atoms with van der Waals surface area (Å²) in [5, 5.41) is 0. The van der Waals surface area contributed by atoms with Gasteiger partial charge >= 0.3 is 0 Å². The molecule has 0 saturated carbocycles. The highest BCUT2D eigenvalue weighted by Gasteiger charge is 2.20. The second kappa shape index (κ2) is 6.86. The first kappa shape index (κ1) is 15.5. The topological polar surface area (TPSA) is 83.0 Å². The molecule has 3 heterocycles. The molecule has 0 bridgehead atoms. The zero-order chi connectivity index (χ0) is 17.1. The highest BCUT2D eigenvalue weighted by atomic mass is 16.7. The molecule has 0 radical (unpaired) electrons. The molecule has 130 valence electrons. The monoisotopic (exact) mass is 343 g/mol. The number of benzene rings is 1. The molecule has 0 amide bonds. The Morgan fingerprint density at radius 2 is 1.60 bits per heavy atom. The quantitative estimate of drug-likeness (QED) is 0.647. The van der Waals surface area contributed by atoms with Crippen LogP contribution in [-0.2, 0) is 19.6 Å². The van der Waals surface area contributed by atoms with E-state index in [0.29, 0.717) is 25.4 Å². The van der Waals surface area contributed by atoms with Crippen LogP contribution in [0.1, 0.15) is 17.0 Å². The molecule has 4 rings (SSSR count). The van der Waals surface area contributed by atoms with Gasteiger partial charge < -0.3 is 23.0 Å². The van der Waals surface area contributed by atoms with Crippen LogP contribution >= 0.6 is 0 Å². The average Bonchev–Trinajstić information content (AvgIpc) is 3.36. The van der Waals surface area contributed by atoms with Crippen LogP contribution < -0.4 is 14.2 Å². The maximum absolute atomic E-state index is 5.51. The molecule has 1 aliphatic rings. The second-order valence-electron chi connectivity index (χ2n) is 5.62. The van der Waals surface area contributed by atoms with Crippen molar-refractivity contribution in [3.63, 3.8) is 0 Å². The van der Waals surface area contributed by atoms with E-state index in [1.807, 2.05) is 12.1 Å². The highest BCUT2D eigenvalue weighted by Crippen LogP contribution is 2.38. The largest absolute Gasteiger partial charge is 0.496 e. The van der Waals surface area contributed by atoms with Gasteiger partial charge in [0.2, 0.25) is 6.79 Å². The van der Waals surface area contributed by atoms with Crippen LogP contribution in [0.25, 0.3) is 0 Å². The normalized spacial score (nSPS) is 12.7. The van der Waals surface area contributed by atoms with E-state index in [9.17, 15) is 0 Å². The number of fused-ring (bicyclic) bond motifs is 1. The minimum Gasteiger partial charge on any atom is -0.496 e. The first-order chi connectivity index (χ1) is 12.3. The van der Waals surface area contributed by atoms with Gasteiger partial charge in [-0.05, 0) is 6.07 Å². The Morgan fingerprint density at radius 3 is 2.16 bits per heavy atom. The Morgan fingerprint density at radius 1 is 0.960 bits per heavy atom. The molecule has 0 aliphatic carbocycles. The van der Waals surface area contributed by atoms with E-state index >= 15 is 0 Å². The van der Waals surface area contributed by atoms with Crippen molar-refractivity contribution in [2.24, 2.45) is 0 Å². The lowest BCUT2D eigenvalue weighted by Crippen LogP contribution is -2.23. The number of oxazole rings is 2. The van der Waals surface area contributed by atoms with E-state index in [1.54, 1.807) is 19.6 Å². The van der Waals surface area contributed by atoms with Crippen molar-refractivity contribution < 1.29 is 23.0 Å². The van der Waals surface area contributed by atoms with Crippen LogP contribution in [0.3, 0.4) is 0 Å². The third-order valence-electron chi connectivity index (χ3n) is 3.91. The van der Waals surface area contributed by atoms with E-state index in [4.69, 9.17) is 23.0 Å². The van der Waals surface area contributed by atoms with Crippen molar-refractivity contribution in [2.45, 2.75) is 19.6 Å².